The molecule has 1 amide bonds. The number of aromatic nitrogens is 6. The Bertz CT molecular complexity index is 2000. The molecule has 1 aliphatic heterocycles. The monoisotopic (exact) mass is 641 g/mol. The number of anilines is 1. The molecule has 1 unspecified atom stereocenters. The van der Waals surface area contributed by atoms with Crippen LogP contribution in [0.1, 0.15) is 37.6 Å². The van der Waals surface area contributed by atoms with E-state index in [1.807, 2.05) is 0 Å². The fraction of sp³-hybridized carbons (Fsp3) is 0.172. The van der Waals surface area contributed by atoms with Crippen molar-refractivity contribution in [1.82, 2.24) is 29.8 Å². The van der Waals surface area contributed by atoms with Crippen molar-refractivity contribution in [2.45, 2.75) is 26.3 Å². The van der Waals surface area contributed by atoms with Crippen molar-refractivity contribution in [2.75, 3.05) is 5.32 Å². The Morgan fingerprint density at radius 3 is 2.70 bits per heavy atom. The Hall–Kier alpha value is -4.75. The van der Waals surface area contributed by atoms with Gasteiger partial charge in [-0.1, -0.05) is 41.4 Å². The minimum absolute atomic E-state index is 0.0244. The number of carbonyl (C=O) groups excluding carboxylic acids is 1. The average molecular weight is 642 g/mol. The molecule has 10 nitrogen and oxygen atoms in total. The van der Waals surface area contributed by atoms with Gasteiger partial charge in [-0.3, -0.25) is 14.6 Å². The number of benzene rings is 1. The molecule has 6 rings (SSSR count). The smallest absolute Gasteiger partial charge is 0.333 e. The molecular formula is C29H20Cl2F3N7O3. The first-order valence-corrected chi connectivity index (χ1v) is 13.9. The molecule has 4 aromatic heterocycles. The number of fused-ring (bicyclic) bond motifs is 4. The molecule has 15 heteroatoms. The highest BCUT2D eigenvalue weighted by Crippen LogP contribution is 2.36. The lowest BCUT2D eigenvalue weighted by Gasteiger charge is -2.16. The number of rotatable bonds is 4. The van der Waals surface area contributed by atoms with Gasteiger partial charge in [0.05, 0.1) is 51.3 Å². The second-order valence-electron chi connectivity index (χ2n) is 9.91. The number of hydrogen-bond acceptors (Lipinski definition) is 7. The molecule has 1 N–H and O–H groups in total. The van der Waals surface area contributed by atoms with E-state index >= 15 is 4.39 Å². The van der Waals surface area contributed by atoms with Gasteiger partial charge in [0.25, 0.3) is 0 Å². The highest BCUT2D eigenvalue weighted by Gasteiger charge is 2.25. The van der Waals surface area contributed by atoms with Gasteiger partial charge >= 0.3 is 6.55 Å². The van der Waals surface area contributed by atoms with Crippen molar-refractivity contribution < 1.29 is 22.4 Å². The van der Waals surface area contributed by atoms with E-state index in [1.165, 1.54) is 47.5 Å². The summed E-state index contributed by atoms with van der Waals surface area (Å²) < 4.78 is 50.7. The molecule has 0 radical (unpaired) electrons. The summed E-state index contributed by atoms with van der Waals surface area (Å²) in [7, 11) is 0. The van der Waals surface area contributed by atoms with Gasteiger partial charge in [0.2, 0.25) is 5.91 Å². The maximum atomic E-state index is 15.4. The average Bonchev–Trinajstić information content (AvgIpc) is 3.62. The van der Waals surface area contributed by atoms with Gasteiger partial charge in [-0.25, -0.2) is 13.8 Å². The first-order valence-electron chi connectivity index (χ1n) is 13.2. The van der Waals surface area contributed by atoms with Crippen molar-refractivity contribution in [3.8, 4) is 28.3 Å². The van der Waals surface area contributed by atoms with E-state index in [9.17, 15) is 18.4 Å². The Labute approximate surface area is 256 Å². The van der Waals surface area contributed by atoms with E-state index in [0.717, 1.165) is 12.3 Å². The molecule has 1 aromatic carbocycles. The first kappa shape index (κ1) is 29.3. The molecule has 1 atom stereocenters. The highest BCUT2D eigenvalue weighted by atomic mass is 35.5. The van der Waals surface area contributed by atoms with Gasteiger partial charge in [0.15, 0.2) is 16.4 Å². The van der Waals surface area contributed by atoms with Crippen molar-refractivity contribution in [3.05, 3.63) is 98.7 Å². The lowest BCUT2D eigenvalue weighted by atomic mass is 9.96. The number of carbonyl (C=O) groups is 1. The zero-order valence-electron chi connectivity index (χ0n) is 22.6. The van der Waals surface area contributed by atoms with Crippen molar-refractivity contribution >= 4 is 40.4 Å². The molecule has 1 aliphatic rings. The number of allylic oxidation sites excluding steroid dienone is 1. The van der Waals surface area contributed by atoms with Crippen LogP contribution in [0.15, 0.2) is 70.5 Å². The zero-order valence-corrected chi connectivity index (χ0v) is 24.2. The highest BCUT2D eigenvalue weighted by molar-refractivity contribution is 6.31. The second-order valence-corrected chi connectivity index (χ2v) is 10.7. The summed E-state index contributed by atoms with van der Waals surface area (Å²) in [6, 6.07) is 6.90. The van der Waals surface area contributed by atoms with Gasteiger partial charge in [-0.2, -0.15) is 13.9 Å². The number of pyridine rings is 1. The molecule has 224 valence electrons. The third kappa shape index (κ3) is 5.40. The van der Waals surface area contributed by atoms with Crippen LogP contribution in [-0.4, -0.2) is 35.7 Å². The van der Waals surface area contributed by atoms with Crippen LogP contribution in [0.3, 0.4) is 0 Å². The number of alkyl halides is 2. The number of amides is 1. The maximum Gasteiger partial charge on any atom is 0.333 e. The molecular weight excluding hydrogens is 622 g/mol. The van der Waals surface area contributed by atoms with Crippen LogP contribution >= 0.6 is 23.2 Å². The van der Waals surface area contributed by atoms with E-state index < -0.39 is 23.7 Å². The van der Waals surface area contributed by atoms with Gasteiger partial charge in [0, 0.05) is 29.3 Å². The van der Waals surface area contributed by atoms with Crippen LogP contribution in [0.5, 0.6) is 0 Å². The summed E-state index contributed by atoms with van der Waals surface area (Å²) in [5, 5.41) is 13.9. The van der Waals surface area contributed by atoms with Crippen LogP contribution < -0.4 is 10.7 Å². The Kier molecular flexibility index (Phi) is 7.82. The summed E-state index contributed by atoms with van der Waals surface area (Å²) in [6.07, 6.45) is 7.52. The molecule has 0 aliphatic carbocycles. The van der Waals surface area contributed by atoms with Gasteiger partial charge < -0.3 is 9.73 Å². The summed E-state index contributed by atoms with van der Waals surface area (Å²) in [4.78, 5) is 30.9. The molecule has 0 spiro atoms. The molecule has 44 heavy (non-hydrogen) atoms. The zero-order chi connectivity index (χ0) is 31.1. The normalized spacial score (nSPS) is 16.5. The van der Waals surface area contributed by atoms with Gasteiger partial charge in [-0.15, -0.1) is 5.10 Å². The third-order valence-corrected chi connectivity index (χ3v) is 7.56. The summed E-state index contributed by atoms with van der Waals surface area (Å²) in [5.41, 5.74) is 0.516. The largest absolute Gasteiger partial charge is 0.463 e. The first-order chi connectivity index (χ1) is 21.1. The minimum atomic E-state index is -2.99. The van der Waals surface area contributed by atoms with Crippen molar-refractivity contribution in [2.24, 2.45) is 5.92 Å². The van der Waals surface area contributed by atoms with Crippen molar-refractivity contribution in [1.29, 1.82) is 0 Å². The minimum Gasteiger partial charge on any atom is -0.463 e. The Morgan fingerprint density at radius 1 is 1.16 bits per heavy atom. The Balaban J connectivity index is 1.49. The maximum absolute atomic E-state index is 15.4. The van der Waals surface area contributed by atoms with Gasteiger partial charge in [-0.05, 0) is 37.1 Å². The predicted molar refractivity (Wildman–Crippen MR) is 156 cm³/mol. The summed E-state index contributed by atoms with van der Waals surface area (Å²) >= 11 is 12.0. The number of nitrogens with one attached hydrogen (secondary N) is 1. The van der Waals surface area contributed by atoms with Crippen LogP contribution in [0.2, 0.25) is 10.2 Å². The molecule has 5 aromatic rings. The van der Waals surface area contributed by atoms with E-state index in [-0.39, 0.29) is 61.3 Å². The lowest BCUT2D eigenvalue weighted by Crippen LogP contribution is -2.21. The third-order valence-electron chi connectivity index (χ3n) is 7.10. The molecule has 0 saturated heterocycles. The van der Waals surface area contributed by atoms with Crippen LogP contribution in [0, 0.1) is 11.7 Å². The van der Waals surface area contributed by atoms with E-state index in [4.69, 9.17) is 27.6 Å². The fourth-order valence-electron chi connectivity index (χ4n) is 4.90. The lowest BCUT2D eigenvalue weighted by molar-refractivity contribution is -0.119. The molecule has 0 saturated carbocycles. The Morgan fingerprint density at radius 2 is 1.98 bits per heavy atom. The van der Waals surface area contributed by atoms with E-state index in [2.05, 4.69) is 25.7 Å². The van der Waals surface area contributed by atoms with Crippen LogP contribution in [0.4, 0.5) is 18.9 Å². The standard InChI is InChI=1S/C29H20Cl2F3N7O3/c1-14-3-2-4-16(19-9-15(7-8-35-19)27-20(37-28(14)43)11-36-41(27)29(33)34)17-13-44-23(10-22(17)42)25-21(6-5-18(30)26(25)32)40-12-24(31)38-39-40/h4-14,29H,2-3H2,1H3,(H,37,43)/b16-4-. The van der Waals surface area contributed by atoms with Crippen LogP contribution in [-0.2, 0) is 4.79 Å². The molecule has 2 bridgehead atoms. The predicted octanol–water partition coefficient (Wildman–Crippen LogP) is 6.79. The van der Waals surface area contributed by atoms with E-state index in [1.54, 1.807) is 13.0 Å². The summed E-state index contributed by atoms with van der Waals surface area (Å²) in [6.45, 7) is -1.29. The SMILES string of the molecule is CC1CC/C=C(/c2coc(-c3c(-n4cc(Cl)nn4)ccc(Cl)c3F)cc2=O)c2cc(ccn2)-c2c(cnn2C(F)F)NC1=O. The molecule has 0 fully saturated rings. The van der Waals surface area contributed by atoms with Gasteiger partial charge in [0.1, 0.15) is 12.0 Å². The topological polar surface area (TPSA) is 121 Å². The summed E-state index contributed by atoms with van der Waals surface area (Å²) in [5.74, 6) is -1.88. The number of hydrogen-bond donors (Lipinski definition) is 1. The van der Waals surface area contributed by atoms with Crippen LogP contribution in [0.25, 0.3) is 33.8 Å². The van der Waals surface area contributed by atoms with E-state index in [0.29, 0.717) is 23.1 Å². The quantitative estimate of drug-likeness (QED) is 0.229. The fourth-order valence-corrected chi connectivity index (χ4v) is 5.18. The number of halogens is 5. The second kappa shape index (κ2) is 11.7. The molecule has 5 heterocycles. The van der Waals surface area contributed by atoms with Crippen molar-refractivity contribution in [3.63, 3.8) is 0 Å². The number of nitrogens with zero attached hydrogens (tertiary/aromatic N) is 6.